The highest BCUT2D eigenvalue weighted by Crippen LogP contribution is 2.29. The van der Waals surface area contributed by atoms with Crippen LogP contribution in [0.25, 0.3) is 11.3 Å². The molecule has 0 amide bonds. The summed E-state index contributed by atoms with van der Waals surface area (Å²) >= 11 is 1.60. The fraction of sp³-hybridized carbons (Fsp3) is 0.133. The molecule has 0 bridgehead atoms. The lowest BCUT2D eigenvalue weighted by Gasteiger charge is -2.07. The molecule has 1 aromatic carbocycles. The molecule has 0 radical (unpaired) electrons. The Morgan fingerprint density at radius 3 is 2.43 bits per heavy atom. The van der Waals surface area contributed by atoms with Crippen LogP contribution in [0.5, 0.6) is 0 Å². The van der Waals surface area contributed by atoms with Crippen LogP contribution in [0.4, 0.5) is 13.2 Å². The summed E-state index contributed by atoms with van der Waals surface area (Å²) in [6.07, 6.45) is -2.47. The molecule has 2 heterocycles. The molecule has 21 heavy (non-hydrogen) atoms. The molecule has 0 saturated heterocycles. The van der Waals surface area contributed by atoms with Crippen LogP contribution in [0, 0.1) is 0 Å². The Kier molecular flexibility index (Phi) is 3.55. The van der Waals surface area contributed by atoms with Crippen LogP contribution in [-0.2, 0) is 12.7 Å². The summed E-state index contributed by atoms with van der Waals surface area (Å²) in [6.45, 7) is 0.447. The van der Waals surface area contributed by atoms with Gasteiger partial charge in [-0.1, -0.05) is 12.1 Å². The van der Waals surface area contributed by atoms with Gasteiger partial charge in [0.25, 0.3) is 0 Å². The van der Waals surface area contributed by atoms with Gasteiger partial charge in [-0.3, -0.25) is 4.68 Å². The predicted octanol–water partition coefficient (Wildman–Crippen LogP) is 4.68. The van der Waals surface area contributed by atoms with Gasteiger partial charge >= 0.3 is 6.18 Å². The molecule has 0 atom stereocenters. The molecule has 2 aromatic heterocycles. The van der Waals surface area contributed by atoms with Gasteiger partial charge in [0.15, 0.2) is 0 Å². The summed E-state index contributed by atoms with van der Waals surface area (Å²) in [5.74, 6) is 0. The highest BCUT2D eigenvalue weighted by molar-refractivity contribution is 7.08. The van der Waals surface area contributed by atoms with Crippen molar-refractivity contribution < 1.29 is 13.2 Å². The van der Waals surface area contributed by atoms with E-state index in [4.69, 9.17) is 0 Å². The number of hydrogen-bond acceptors (Lipinski definition) is 2. The van der Waals surface area contributed by atoms with E-state index in [-0.39, 0.29) is 0 Å². The first kappa shape index (κ1) is 13.9. The van der Waals surface area contributed by atoms with E-state index in [1.54, 1.807) is 16.0 Å². The van der Waals surface area contributed by atoms with Gasteiger partial charge in [0.05, 0.1) is 17.8 Å². The minimum Gasteiger partial charge on any atom is -0.268 e. The summed E-state index contributed by atoms with van der Waals surface area (Å²) in [4.78, 5) is 0. The number of thiophene rings is 1. The zero-order valence-corrected chi connectivity index (χ0v) is 11.7. The number of benzene rings is 1. The van der Waals surface area contributed by atoms with E-state index in [9.17, 15) is 13.2 Å². The Labute approximate surface area is 123 Å². The van der Waals surface area contributed by atoms with Crippen molar-refractivity contribution in [2.24, 2.45) is 0 Å². The Hall–Kier alpha value is -2.08. The van der Waals surface area contributed by atoms with Crippen molar-refractivity contribution in [2.45, 2.75) is 12.7 Å². The molecule has 0 unspecified atom stereocenters. The third kappa shape index (κ3) is 3.16. The van der Waals surface area contributed by atoms with Crippen molar-refractivity contribution in [3.05, 3.63) is 64.5 Å². The predicted molar refractivity (Wildman–Crippen MR) is 76.1 cm³/mol. The molecule has 0 saturated carbocycles. The normalized spacial score (nSPS) is 11.8. The third-order valence-corrected chi connectivity index (χ3v) is 3.77. The summed E-state index contributed by atoms with van der Waals surface area (Å²) in [6, 6.07) is 9.03. The zero-order chi connectivity index (χ0) is 14.9. The summed E-state index contributed by atoms with van der Waals surface area (Å²) in [5, 5.41) is 8.40. The summed E-state index contributed by atoms with van der Waals surface area (Å²) < 4.78 is 39.2. The largest absolute Gasteiger partial charge is 0.416 e. The first-order valence-electron chi connectivity index (χ1n) is 6.24. The number of rotatable bonds is 3. The van der Waals surface area contributed by atoms with Gasteiger partial charge < -0.3 is 0 Å². The fourth-order valence-electron chi connectivity index (χ4n) is 2.00. The van der Waals surface area contributed by atoms with E-state index < -0.39 is 11.7 Å². The molecule has 0 fully saturated rings. The number of aromatic nitrogens is 2. The van der Waals surface area contributed by atoms with Crippen LogP contribution in [0.3, 0.4) is 0 Å². The van der Waals surface area contributed by atoms with Crippen molar-refractivity contribution in [1.82, 2.24) is 9.78 Å². The zero-order valence-electron chi connectivity index (χ0n) is 10.8. The van der Waals surface area contributed by atoms with E-state index in [2.05, 4.69) is 5.10 Å². The first-order chi connectivity index (χ1) is 10.0. The molecular weight excluding hydrogens is 297 g/mol. The fourth-order valence-corrected chi connectivity index (χ4v) is 2.65. The number of hydrogen-bond donors (Lipinski definition) is 0. The maximum atomic E-state index is 12.5. The average Bonchev–Trinajstić information content (AvgIpc) is 3.08. The van der Waals surface area contributed by atoms with Crippen LogP contribution >= 0.6 is 11.3 Å². The van der Waals surface area contributed by atoms with Gasteiger partial charge in [0.2, 0.25) is 0 Å². The lowest BCUT2D eigenvalue weighted by Crippen LogP contribution is -2.05. The lowest BCUT2D eigenvalue weighted by molar-refractivity contribution is -0.137. The van der Waals surface area contributed by atoms with Gasteiger partial charge in [-0.25, -0.2) is 0 Å². The maximum Gasteiger partial charge on any atom is 0.416 e. The number of nitrogens with zero attached hydrogens (tertiary/aromatic N) is 2. The molecule has 108 valence electrons. The number of alkyl halides is 3. The standard InChI is InChI=1S/C15H11F3N2S/c16-15(17,18)13-3-1-11(2-4-13)9-20-7-5-14(19-20)12-6-8-21-10-12/h1-8,10H,9H2. The van der Waals surface area contributed by atoms with E-state index in [0.717, 1.165) is 29.0 Å². The molecule has 0 aliphatic heterocycles. The molecule has 0 aliphatic carbocycles. The summed E-state index contributed by atoms with van der Waals surface area (Å²) in [5.41, 5.74) is 2.06. The van der Waals surface area contributed by atoms with Crippen molar-refractivity contribution >= 4 is 11.3 Å². The highest BCUT2D eigenvalue weighted by Gasteiger charge is 2.29. The molecule has 6 heteroatoms. The average molecular weight is 308 g/mol. The minimum atomic E-state index is -4.30. The van der Waals surface area contributed by atoms with Gasteiger partial charge in [0.1, 0.15) is 0 Å². The van der Waals surface area contributed by atoms with Crippen LogP contribution in [-0.4, -0.2) is 9.78 Å². The van der Waals surface area contributed by atoms with Crippen LogP contribution in [0.1, 0.15) is 11.1 Å². The van der Waals surface area contributed by atoms with E-state index >= 15 is 0 Å². The molecule has 3 aromatic rings. The Morgan fingerprint density at radius 2 is 1.81 bits per heavy atom. The monoisotopic (exact) mass is 308 g/mol. The number of halogens is 3. The van der Waals surface area contributed by atoms with Crippen molar-refractivity contribution in [3.63, 3.8) is 0 Å². The van der Waals surface area contributed by atoms with Gasteiger partial charge in [-0.2, -0.15) is 29.6 Å². The molecule has 0 N–H and O–H groups in total. The van der Waals surface area contributed by atoms with Gasteiger partial charge in [-0.05, 0) is 35.2 Å². The van der Waals surface area contributed by atoms with Crippen molar-refractivity contribution in [2.75, 3.05) is 0 Å². The third-order valence-electron chi connectivity index (χ3n) is 3.08. The molecule has 0 spiro atoms. The molecule has 2 nitrogen and oxygen atoms in total. The second kappa shape index (κ2) is 5.37. The van der Waals surface area contributed by atoms with E-state index in [0.29, 0.717) is 6.54 Å². The van der Waals surface area contributed by atoms with E-state index in [1.165, 1.54) is 12.1 Å². The minimum absolute atomic E-state index is 0.447. The Balaban J connectivity index is 1.75. The van der Waals surface area contributed by atoms with Crippen molar-refractivity contribution in [3.8, 4) is 11.3 Å². The second-order valence-electron chi connectivity index (χ2n) is 4.61. The van der Waals surface area contributed by atoms with Crippen LogP contribution in [0.2, 0.25) is 0 Å². The highest BCUT2D eigenvalue weighted by atomic mass is 32.1. The molecular formula is C15H11F3N2S. The Morgan fingerprint density at radius 1 is 1.05 bits per heavy atom. The Bertz CT molecular complexity index is 712. The van der Waals surface area contributed by atoms with Crippen molar-refractivity contribution in [1.29, 1.82) is 0 Å². The smallest absolute Gasteiger partial charge is 0.268 e. The van der Waals surface area contributed by atoms with Crippen LogP contribution in [0.15, 0.2) is 53.4 Å². The van der Waals surface area contributed by atoms with E-state index in [1.807, 2.05) is 29.1 Å². The SMILES string of the molecule is FC(F)(F)c1ccc(Cn2ccc(-c3ccsc3)n2)cc1. The quantitative estimate of drug-likeness (QED) is 0.687. The summed E-state index contributed by atoms with van der Waals surface area (Å²) in [7, 11) is 0. The first-order valence-corrected chi connectivity index (χ1v) is 7.19. The molecule has 0 aliphatic rings. The van der Waals surface area contributed by atoms with Gasteiger partial charge in [0, 0.05) is 17.1 Å². The van der Waals surface area contributed by atoms with Gasteiger partial charge in [-0.15, -0.1) is 0 Å². The van der Waals surface area contributed by atoms with Crippen LogP contribution < -0.4 is 0 Å². The lowest BCUT2D eigenvalue weighted by atomic mass is 10.1. The topological polar surface area (TPSA) is 17.8 Å². The molecule has 3 rings (SSSR count). The maximum absolute atomic E-state index is 12.5. The second-order valence-corrected chi connectivity index (χ2v) is 5.39.